The summed E-state index contributed by atoms with van der Waals surface area (Å²) >= 11 is 0. The first-order valence-corrected chi connectivity index (χ1v) is 24.1. The maximum atomic E-state index is 13.2. The summed E-state index contributed by atoms with van der Waals surface area (Å²) in [5, 5.41) is 26.0. The molecule has 6 heteroatoms. The van der Waals surface area contributed by atoms with Crippen LogP contribution >= 0.6 is 0 Å². The van der Waals surface area contributed by atoms with Gasteiger partial charge in [0.1, 0.15) is 0 Å². The van der Waals surface area contributed by atoms with E-state index in [1.165, 1.54) is 96.3 Å². The largest absolute Gasteiger partial charge is 0.393 e. The van der Waals surface area contributed by atoms with E-state index < -0.39 is 0 Å². The van der Waals surface area contributed by atoms with E-state index in [1.54, 1.807) is 0 Å². The van der Waals surface area contributed by atoms with Gasteiger partial charge in [-0.2, -0.15) is 0 Å². The smallest absolute Gasteiger partial charge is 0.222 e. The number of hydrogen-bond donors (Lipinski definition) is 3. The number of carbonyl (C=O) groups is 2. The number of rotatable bonds is 21. The fraction of sp³-hybridized carbons (Fsp3) is 0.918. The molecule has 4 aliphatic carbocycles. The normalized spacial score (nSPS) is 35.7. The number of aliphatic hydroxyl groups excluding tert-OH is 2. The molecule has 5 rings (SSSR count). The maximum Gasteiger partial charge on any atom is 0.222 e. The molecule has 2 amide bonds. The molecule has 1 heterocycles. The molecule has 0 aromatic carbocycles. The highest BCUT2D eigenvalue weighted by Gasteiger charge is 2.64. The molecular weight excluding hydrogens is 681 g/mol. The van der Waals surface area contributed by atoms with Crippen molar-refractivity contribution in [1.29, 1.82) is 0 Å². The van der Waals surface area contributed by atoms with Gasteiger partial charge < -0.3 is 20.4 Å². The Bertz CT molecular complexity index is 1200. The van der Waals surface area contributed by atoms with Gasteiger partial charge in [0.2, 0.25) is 11.8 Å². The maximum absolute atomic E-state index is 13.2. The van der Waals surface area contributed by atoms with Crippen molar-refractivity contribution >= 4 is 11.8 Å². The van der Waals surface area contributed by atoms with Crippen molar-refractivity contribution in [3.8, 4) is 0 Å². The molecule has 55 heavy (non-hydrogen) atoms. The Balaban J connectivity index is 0.946. The lowest BCUT2D eigenvalue weighted by Crippen LogP contribution is -2.62. The molecule has 316 valence electrons. The first-order valence-electron chi connectivity index (χ1n) is 24.1. The van der Waals surface area contributed by atoms with Crippen LogP contribution in [0, 0.1) is 52.3 Å². The van der Waals surface area contributed by atoms with Crippen molar-refractivity contribution in [3.05, 3.63) is 12.2 Å². The van der Waals surface area contributed by atoms with E-state index >= 15 is 0 Å². The number of fused-ring (bicyclic) bond motifs is 5. The van der Waals surface area contributed by atoms with E-state index in [2.05, 4.69) is 52.1 Å². The molecule has 1 saturated heterocycles. The number of unbranched alkanes of at least 4 members (excludes halogenated alkanes) is 11. The summed E-state index contributed by atoms with van der Waals surface area (Å²) in [6, 6.07) is 0.181. The van der Waals surface area contributed by atoms with Gasteiger partial charge >= 0.3 is 0 Å². The Morgan fingerprint density at radius 1 is 0.745 bits per heavy atom. The summed E-state index contributed by atoms with van der Waals surface area (Å²) < 4.78 is 0. The van der Waals surface area contributed by atoms with E-state index in [1.807, 2.05) is 4.90 Å². The number of amides is 2. The van der Waals surface area contributed by atoms with Crippen LogP contribution in [0.2, 0.25) is 0 Å². The quantitative estimate of drug-likeness (QED) is 0.0801. The number of aliphatic hydroxyl groups is 2. The zero-order valence-electron chi connectivity index (χ0n) is 36.4. The van der Waals surface area contributed by atoms with Crippen LogP contribution in [0.15, 0.2) is 12.2 Å². The molecule has 1 aliphatic heterocycles. The lowest BCUT2D eigenvalue weighted by molar-refractivity contribution is -0.203. The molecule has 4 saturated carbocycles. The van der Waals surface area contributed by atoms with Crippen LogP contribution in [0.1, 0.15) is 202 Å². The second-order valence-corrected chi connectivity index (χ2v) is 20.2. The minimum atomic E-state index is -0.253. The van der Waals surface area contributed by atoms with E-state index in [9.17, 15) is 19.8 Å². The number of nitrogens with one attached hydrogen (secondary N) is 1. The molecule has 11 atom stereocenters. The molecule has 3 N–H and O–H groups in total. The Morgan fingerprint density at radius 2 is 1.36 bits per heavy atom. The van der Waals surface area contributed by atoms with Gasteiger partial charge in [-0.25, -0.2) is 0 Å². The van der Waals surface area contributed by atoms with Gasteiger partial charge in [-0.1, -0.05) is 105 Å². The molecule has 3 unspecified atom stereocenters. The van der Waals surface area contributed by atoms with Crippen molar-refractivity contribution in [2.75, 3.05) is 13.1 Å². The van der Waals surface area contributed by atoms with Gasteiger partial charge in [-0.15, -0.1) is 0 Å². The van der Waals surface area contributed by atoms with Crippen LogP contribution in [-0.4, -0.2) is 58.3 Å². The topological polar surface area (TPSA) is 89.9 Å². The monoisotopic (exact) mass is 767 g/mol. The van der Waals surface area contributed by atoms with Crippen molar-refractivity contribution in [2.24, 2.45) is 52.3 Å². The predicted molar refractivity (Wildman–Crippen MR) is 227 cm³/mol. The Hall–Kier alpha value is -1.40. The first-order chi connectivity index (χ1) is 26.5. The van der Waals surface area contributed by atoms with Crippen molar-refractivity contribution in [1.82, 2.24) is 10.2 Å². The van der Waals surface area contributed by atoms with E-state index in [0.29, 0.717) is 60.2 Å². The molecule has 0 aromatic heterocycles. The highest BCUT2D eigenvalue weighted by atomic mass is 16.3. The minimum Gasteiger partial charge on any atom is -0.393 e. The summed E-state index contributed by atoms with van der Waals surface area (Å²) in [4.78, 5) is 28.2. The van der Waals surface area contributed by atoms with Crippen LogP contribution in [0.4, 0.5) is 0 Å². The standard InChI is InChI=1S/C49H86N2O4/c1-6-8-9-10-11-12-13-14-15-16-17-18-19-20-21-22-45(54)51-33-29-37(30-34-51)50-44(53)26-23-36(3)40-24-25-41-46-42(28-32-48(40,41)4)49(5)31-27-38(52)35-43(49)39(7-2)47(46)55/h14-15,36-43,46-47,52,55H,6-13,16-35H2,1-5H3,(H,50,53)/b15-14-/t36-,38?,39-,40?,41+,42+,43?,46+,47-,48-,49-/m1/s1. The second-order valence-electron chi connectivity index (χ2n) is 20.2. The highest BCUT2D eigenvalue weighted by Crippen LogP contribution is 2.69. The summed E-state index contributed by atoms with van der Waals surface area (Å²) in [7, 11) is 0. The fourth-order valence-corrected chi connectivity index (χ4v) is 13.6. The van der Waals surface area contributed by atoms with Gasteiger partial charge in [0.15, 0.2) is 0 Å². The van der Waals surface area contributed by atoms with Gasteiger partial charge in [-0.3, -0.25) is 9.59 Å². The lowest BCUT2D eigenvalue weighted by Gasteiger charge is -2.64. The Labute approximate surface area is 338 Å². The number of piperidine rings is 1. The van der Waals surface area contributed by atoms with Crippen LogP contribution in [0.5, 0.6) is 0 Å². The Kier molecular flexibility index (Phi) is 17.5. The SMILES string of the molecule is CCCCCCCC/C=C\CCCCCCCC(=O)N1CCC(NC(=O)CC[C@@H](C)C2CC[C@H]3[C@@H]4[C@H](O)[C@H](CC)C5CC(O)CC[C@]5(C)[C@H]4CC[C@]23C)CC1. The van der Waals surface area contributed by atoms with Crippen molar-refractivity contribution < 1.29 is 19.8 Å². The Morgan fingerprint density at radius 3 is 2.04 bits per heavy atom. The fourth-order valence-electron chi connectivity index (χ4n) is 13.6. The predicted octanol–water partition coefficient (Wildman–Crippen LogP) is 11.2. The number of carbonyl (C=O) groups excluding carboxylic acids is 2. The van der Waals surface area contributed by atoms with E-state index in [4.69, 9.17) is 0 Å². The lowest BCUT2D eigenvalue weighted by atomic mass is 9.41. The molecule has 5 aliphatic rings. The number of likely N-dealkylation sites (tertiary alicyclic amines) is 1. The molecular formula is C49H86N2O4. The number of nitrogens with zero attached hydrogens (tertiary/aromatic N) is 1. The second kappa shape index (κ2) is 21.6. The van der Waals surface area contributed by atoms with Gasteiger partial charge in [-0.05, 0) is 149 Å². The molecule has 0 bridgehead atoms. The van der Waals surface area contributed by atoms with Crippen LogP contribution in [0.3, 0.4) is 0 Å². The summed E-state index contributed by atoms with van der Waals surface area (Å²) in [6.07, 6.45) is 33.5. The van der Waals surface area contributed by atoms with E-state index in [0.717, 1.165) is 70.9 Å². The van der Waals surface area contributed by atoms with Crippen molar-refractivity contribution in [3.63, 3.8) is 0 Å². The molecule has 0 spiro atoms. The third-order valence-corrected chi connectivity index (χ3v) is 16.8. The number of allylic oxidation sites excluding steroid dienone is 2. The molecule has 5 fully saturated rings. The van der Waals surface area contributed by atoms with Gasteiger partial charge in [0.05, 0.1) is 12.2 Å². The number of hydrogen-bond acceptors (Lipinski definition) is 4. The zero-order valence-corrected chi connectivity index (χ0v) is 36.4. The van der Waals surface area contributed by atoms with E-state index in [-0.39, 0.29) is 35.0 Å². The van der Waals surface area contributed by atoms with Crippen LogP contribution < -0.4 is 5.32 Å². The third-order valence-electron chi connectivity index (χ3n) is 16.8. The third kappa shape index (κ3) is 11.2. The summed E-state index contributed by atoms with van der Waals surface area (Å²) in [5.74, 6) is 3.81. The van der Waals surface area contributed by atoms with Gasteiger partial charge in [0, 0.05) is 32.0 Å². The molecule has 0 aromatic rings. The van der Waals surface area contributed by atoms with Gasteiger partial charge in [0.25, 0.3) is 0 Å². The average Bonchev–Trinajstić information content (AvgIpc) is 3.53. The van der Waals surface area contributed by atoms with Crippen LogP contribution in [-0.2, 0) is 9.59 Å². The highest BCUT2D eigenvalue weighted by molar-refractivity contribution is 5.77. The van der Waals surface area contributed by atoms with Crippen LogP contribution in [0.25, 0.3) is 0 Å². The summed E-state index contributed by atoms with van der Waals surface area (Å²) in [5.41, 5.74) is 0.470. The first kappa shape index (κ1) is 44.7. The average molecular weight is 767 g/mol. The minimum absolute atomic E-state index is 0.181. The molecule has 0 radical (unpaired) electrons. The summed E-state index contributed by atoms with van der Waals surface area (Å²) in [6.45, 7) is 13.5. The zero-order chi connectivity index (χ0) is 39.4. The van der Waals surface area contributed by atoms with Crippen molar-refractivity contribution in [2.45, 2.75) is 220 Å². The molecule has 6 nitrogen and oxygen atoms in total.